The standard InChI is InChI=1S/C21H22N2O2S/c24-20(16-7-2-1-3-8-16)23-21-22-18(14-26-21)13-25-19-11-10-15-6-4-5-9-17(15)12-19/h4-6,9-12,14,16H,1-3,7-8,13H2,(H,22,23,24). The number of hydrogen-bond acceptors (Lipinski definition) is 4. The monoisotopic (exact) mass is 366 g/mol. The third-order valence-electron chi connectivity index (χ3n) is 4.87. The van der Waals surface area contributed by atoms with Crippen LogP contribution in [-0.2, 0) is 11.4 Å². The maximum absolute atomic E-state index is 12.3. The van der Waals surface area contributed by atoms with Crippen molar-refractivity contribution in [1.29, 1.82) is 0 Å². The minimum atomic E-state index is 0.112. The summed E-state index contributed by atoms with van der Waals surface area (Å²) in [7, 11) is 0. The van der Waals surface area contributed by atoms with E-state index in [0.717, 1.165) is 42.5 Å². The van der Waals surface area contributed by atoms with Crippen LogP contribution in [0.5, 0.6) is 5.75 Å². The molecule has 1 aliphatic rings. The Morgan fingerprint density at radius 3 is 2.77 bits per heavy atom. The highest BCUT2D eigenvalue weighted by molar-refractivity contribution is 7.13. The van der Waals surface area contributed by atoms with Crippen LogP contribution in [0.2, 0.25) is 0 Å². The van der Waals surface area contributed by atoms with Crippen molar-refractivity contribution in [2.24, 2.45) is 5.92 Å². The number of anilines is 1. The summed E-state index contributed by atoms with van der Waals surface area (Å²) in [6.45, 7) is 0.397. The Morgan fingerprint density at radius 2 is 1.92 bits per heavy atom. The van der Waals surface area contributed by atoms with E-state index < -0.39 is 0 Å². The highest BCUT2D eigenvalue weighted by Crippen LogP contribution is 2.26. The third-order valence-corrected chi connectivity index (χ3v) is 5.67. The van der Waals surface area contributed by atoms with Crippen molar-refractivity contribution in [2.45, 2.75) is 38.7 Å². The Labute approximate surface area is 157 Å². The molecule has 4 rings (SSSR count). The number of thiazole rings is 1. The molecule has 0 unspecified atom stereocenters. The predicted molar refractivity (Wildman–Crippen MR) is 106 cm³/mol. The summed E-state index contributed by atoms with van der Waals surface area (Å²) in [5.74, 6) is 1.08. The van der Waals surface area contributed by atoms with Gasteiger partial charge in [0.15, 0.2) is 5.13 Å². The van der Waals surface area contributed by atoms with Crippen LogP contribution >= 0.6 is 11.3 Å². The van der Waals surface area contributed by atoms with Gasteiger partial charge in [-0.2, -0.15) is 0 Å². The lowest BCUT2D eigenvalue weighted by Gasteiger charge is -2.19. The van der Waals surface area contributed by atoms with E-state index in [1.807, 2.05) is 29.6 Å². The molecule has 0 bridgehead atoms. The fraction of sp³-hybridized carbons (Fsp3) is 0.333. The molecule has 1 aliphatic carbocycles. The van der Waals surface area contributed by atoms with Crippen molar-refractivity contribution in [3.63, 3.8) is 0 Å². The first kappa shape index (κ1) is 17.0. The van der Waals surface area contributed by atoms with E-state index in [1.54, 1.807) is 0 Å². The van der Waals surface area contributed by atoms with Gasteiger partial charge in [0, 0.05) is 11.3 Å². The summed E-state index contributed by atoms with van der Waals surface area (Å²) < 4.78 is 5.87. The van der Waals surface area contributed by atoms with Crippen molar-refractivity contribution in [2.75, 3.05) is 5.32 Å². The van der Waals surface area contributed by atoms with Gasteiger partial charge in [-0.05, 0) is 35.7 Å². The SMILES string of the molecule is O=C(Nc1nc(COc2ccc3ccccc3c2)cs1)C1CCCCC1. The van der Waals surface area contributed by atoms with E-state index in [4.69, 9.17) is 4.74 Å². The second-order valence-corrected chi connectivity index (χ2v) is 7.62. The van der Waals surface area contributed by atoms with E-state index in [9.17, 15) is 4.79 Å². The number of ether oxygens (including phenoxy) is 1. The number of aromatic nitrogens is 1. The number of carbonyl (C=O) groups excluding carboxylic acids is 1. The topological polar surface area (TPSA) is 51.2 Å². The molecule has 5 heteroatoms. The molecular weight excluding hydrogens is 344 g/mol. The molecule has 26 heavy (non-hydrogen) atoms. The van der Waals surface area contributed by atoms with Crippen molar-refractivity contribution in [3.8, 4) is 5.75 Å². The van der Waals surface area contributed by atoms with Crippen LogP contribution in [0.4, 0.5) is 5.13 Å². The van der Waals surface area contributed by atoms with Crippen LogP contribution in [0.1, 0.15) is 37.8 Å². The Morgan fingerprint density at radius 1 is 1.12 bits per heavy atom. The van der Waals surface area contributed by atoms with Crippen molar-refractivity contribution in [1.82, 2.24) is 4.98 Å². The highest BCUT2D eigenvalue weighted by atomic mass is 32.1. The minimum Gasteiger partial charge on any atom is -0.487 e. The van der Waals surface area contributed by atoms with Crippen LogP contribution in [0.3, 0.4) is 0 Å². The van der Waals surface area contributed by atoms with E-state index >= 15 is 0 Å². The van der Waals surface area contributed by atoms with Gasteiger partial charge in [0.1, 0.15) is 12.4 Å². The predicted octanol–water partition coefficient (Wildman–Crippen LogP) is 5.39. The normalized spacial score (nSPS) is 15.1. The summed E-state index contributed by atoms with van der Waals surface area (Å²) in [6, 6.07) is 14.3. The maximum Gasteiger partial charge on any atom is 0.229 e. The van der Waals surface area contributed by atoms with Gasteiger partial charge in [-0.3, -0.25) is 4.79 Å². The van der Waals surface area contributed by atoms with Gasteiger partial charge < -0.3 is 10.1 Å². The van der Waals surface area contributed by atoms with Crippen molar-refractivity contribution < 1.29 is 9.53 Å². The molecule has 1 N–H and O–H groups in total. The van der Waals surface area contributed by atoms with Gasteiger partial charge in [0.2, 0.25) is 5.91 Å². The molecule has 0 radical (unpaired) electrons. The molecule has 0 saturated heterocycles. The van der Waals surface area contributed by atoms with Crippen LogP contribution in [-0.4, -0.2) is 10.9 Å². The number of benzene rings is 2. The molecule has 1 saturated carbocycles. The number of nitrogens with zero attached hydrogens (tertiary/aromatic N) is 1. The van der Waals surface area contributed by atoms with E-state index in [2.05, 4.69) is 28.5 Å². The zero-order valence-corrected chi connectivity index (χ0v) is 15.4. The largest absolute Gasteiger partial charge is 0.487 e. The Hall–Kier alpha value is -2.40. The average molecular weight is 366 g/mol. The highest BCUT2D eigenvalue weighted by Gasteiger charge is 2.21. The van der Waals surface area contributed by atoms with Crippen molar-refractivity contribution >= 4 is 33.1 Å². The summed E-state index contributed by atoms with van der Waals surface area (Å²) in [5, 5.41) is 7.93. The second kappa shape index (κ2) is 7.87. The zero-order chi connectivity index (χ0) is 17.8. The molecule has 0 atom stereocenters. The third kappa shape index (κ3) is 4.05. The molecule has 0 aliphatic heterocycles. The average Bonchev–Trinajstić information content (AvgIpc) is 3.14. The molecule has 1 fully saturated rings. The number of hydrogen-bond donors (Lipinski definition) is 1. The summed E-state index contributed by atoms with van der Waals surface area (Å²) in [4.78, 5) is 16.8. The first-order chi connectivity index (χ1) is 12.8. The molecule has 1 heterocycles. The minimum absolute atomic E-state index is 0.112. The Balaban J connectivity index is 1.34. The first-order valence-corrected chi connectivity index (χ1v) is 10.0. The lowest BCUT2D eigenvalue weighted by atomic mass is 9.89. The summed E-state index contributed by atoms with van der Waals surface area (Å²) in [6.07, 6.45) is 5.54. The zero-order valence-electron chi connectivity index (χ0n) is 14.6. The van der Waals surface area contributed by atoms with E-state index in [0.29, 0.717) is 11.7 Å². The summed E-state index contributed by atoms with van der Waals surface area (Å²) >= 11 is 1.46. The van der Waals surface area contributed by atoms with E-state index in [-0.39, 0.29) is 11.8 Å². The molecular formula is C21H22N2O2S. The Kier molecular flexibility index (Phi) is 5.16. The second-order valence-electron chi connectivity index (χ2n) is 6.77. The lowest BCUT2D eigenvalue weighted by molar-refractivity contribution is -0.120. The van der Waals surface area contributed by atoms with Gasteiger partial charge in [0.05, 0.1) is 5.69 Å². The Bertz CT molecular complexity index is 900. The van der Waals surface area contributed by atoms with E-state index in [1.165, 1.54) is 23.1 Å². The number of carbonyl (C=O) groups is 1. The number of nitrogens with one attached hydrogen (secondary N) is 1. The smallest absolute Gasteiger partial charge is 0.229 e. The van der Waals surface area contributed by atoms with Crippen molar-refractivity contribution in [3.05, 3.63) is 53.5 Å². The lowest BCUT2D eigenvalue weighted by Crippen LogP contribution is -2.24. The molecule has 2 aromatic carbocycles. The molecule has 3 aromatic rings. The van der Waals surface area contributed by atoms with Gasteiger partial charge >= 0.3 is 0 Å². The van der Waals surface area contributed by atoms with Gasteiger partial charge in [-0.1, -0.05) is 49.6 Å². The maximum atomic E-state index is 12.3. The van der Waals surface area contributed by atoms with Crippen LogP contribution in [0.15, 0.2) is 47.8 Å². The van der Waals surface area contributed by atoms with Gasteiger partial charge in [0.25, 0.3) is 0 Å². The summed E-state index contributed by atoms with van der Waals surface area (Å²) in [5.41, 5.74) is 0.835. The number of rotatable bonds is 5. The molecule has 1 amide bonds. The van der Waals surface area contributed by atoms with Crippen LogP contribution in [0.25, 0.3) is 10.8 Å². The molecule has 1 aromatic heterocycles. The van der Waals surface area contributed by atoms with Crippen LogP contribution in [0, 0.1) is 5.92 Å². The number of fused-ring (bicyclic) bond motifs is 1. The fourth-order valence-electron chi connectivity index (χ4n) is 3.42. The first-order valence-electron chi connectivity index (χ1n) is 9.15. The van der Waals surface area contributed by atoms with Crippen LogP contribution < -0.4 is 10.1 Å². The molecule has 4 nitrogen and oxygen atoms in total. The molecule has 0 spiro atoms. The fourth-order valence-corrected chi connectivity index (χ4v) is 4.12. The van der Waals surface area contributed by atoms with Gasteiger partial charge in [-0.25, -0.2) is 4.98 Å². The number of amides is 1. The molecule has 134 valence electrons. The quantitative estimate of drug-likeness (QED) is 0.658. The van der Waals surface area contributed by atoms with Gasteiger partial charge in [-0.15, -0.1) is 11.3 Å².